The van der Waals surface area contributed by atoms with Crippen LogP contribution >= 0.6 is 0 Å². The molecule has 1 saturated carbocycles. The Balaban J connectivity index is 2.31. The van der Waals surface area contributed by atoms with Crippen LogP contribution in [0.3, 0.4) is 0 Å². The summed E-state index contributed by atoms with van der Waals surface area (Å²) >= 11 is 0. The minimum absolute atomic E-state index is 0.0519. The van der Waals surface area contributed by atoms with E-state index in [9.17, 15) is 20.0 Å². The topological polar surface area (TPSA) is 83.7 Å². The first-order valence-electron chi connectivity index (χ1n) is 6.69. The fraction of sp³-hybridized carbons (Fsp3) is 0.500. The van der Waals surface area contributed by atoms with Crippen LogP contribution in [-0.4, -0.2) is 35.5 Å². The van der Waals surface area contributed by atoms with E-state index < -0.39 is 11.0 Å². The number of carbonyl (C=O) groups excluding carboxylic acids is 1. The molecule has 0 heterocycles. The van der Waals surface area contributed by atoms with Gasteiger partial charge in [-0.15, -0.1) is 0 Å². The Morgan fingerprint density at radius 1 is 1.40 bits per heavy atom. The summed E-state index contributed by atoms with van der Waals surface area (Å²) in [7, 11) is 1.81. The molecular weight excluding hydrogens is 260 g/mol. The van der Waals surface area contributed by atoms with Crippen molar-refractivity contribution in [1.82, 2.24) is 0 Å². The monoisotopic (exact) mass is 278 g/mol. The highest BCUT2D eigenvalue weighted by atomic mass is 16.6. The highest BCUT2D eigenvalue weighted by Gasteiger charge is 2.28. The van der Waals surface area contributed by atoms with Crippen LogP contribution in [0.4, 0.5) is 11.4 Å². The molecule has 108 valence electrons. The summed E-state index contributed by atoms with van der Waals surface area (Å²) in [5.41, 5.74) is 0.796. The molecule has 1 N–H and O–H groups in total. The lowest BCUT2D eigenvalue weighted by molar-refractivity contribution is -0.384. The summed E-state index contributed by atoms with van der Waals surface area (Å²) < 4.78 is 0. The number of aldehydes is 1. The van der Waals surface area contributed by atoms with Crippen LogP contribution < -0.4 is 4.90 Å². The van der Waals surface area contributed by atoms with Gasteiger partial charge in [0.1, 0.15) is 0 Å². The molecule has 2 unspecified atom stereocenters. The normalized spacial score (nSPS) is 22.3. The van der Waals surface area contributed by atoms with Gasteiger partial charge >= 0.3 is 0 Å². The largest absolute Gasteiger partial charge is 0.391 e. The highest BCUT2D eigenvalue weighted by Crippen LogP contribution is 2.30. The lowest BCUT2D eigenvalue weighted by Crippen LogP contribution is -2.43. The minimum atomic E-state index is -0.522. The maximum absolute atomic E-state index is 11.2. The average Bonchev–Trinajstić information content (AvgIpc) is 2.46. The van der Waals surface area contributed by atoms with Crippen molar-refractivity contribution in [2.75, 3.05) is 11.9 Å². The molecule has 6 nitrogen and oxygen atoms in total. The van der Waals surface area contributed by atoms with Gasteiger partial charge in [-0.25, -0.2) is 0 Å². The number of nitro groups is 1. The molecule has 20 heavy (non-hydrogen) atoms. The molecule has 0 radical (unpaired) electrons. The Hall–Kier alpha value is -1.95. The lowest BCUT2D eigenvalue weighted by Gasteiger charge is -2.37. The molecule has 1 aromatic carbocycles. The summed E-state index contributed by atoms with van der Waals surface area (Å²) in [5.74, 6) is 0. The number of likely N-dealkylation sites (N-methyl/N-ethyl adjacent to an activating group) is 1. The van der Waals surface area contributed by atoms with Crippen LogP contribution in [0.1, 0.15) is 36.0 Å². The van der Waals surface area contributed by atoms with Crippen molar-refractivity contribution >= 4 is 17.7 Å². The molecule has 1 fully saturated rings. The van der Waals surface area contributed by atoms with Gasteiger partial charge in [0, 0.05) is 30.4 Å². The van der Waals surface area contributed by atoms with Crippen molar-refractivity contribution in [2.45, 2.75) is 37.8 Å². The molecule has 1 aliphatic carbocycles. The smallest absolute Gasteiger partial charge is 0.270 e. The summed E-state index contributed by atoms with van der Waals surface area (Å²) in [6, 6.07) is 4.18. The Bertz CT molecular complexity index is 518. The lowest BCUT2D eigenvalue weighted by atomic mass is 9.91. The Morgan fingerprint density at radius 2 is 2.10 bits per heavy atom. The predicted molar refractivity (Wildman–Crippen MR) is 75.1 cm³/mol. The number of hydrogen-bond donors (Lipinski definition) is 1. The maximum Gasteiger partial charge on any atom is 0.270 e. The molecule has 0 aromatic heterocycles. The van der Waals surface area contributed by atoms with Crippen LogP contribution in [0.25, 0.3) is 0 Å². The van der Waals surface area contributed by atoms with Gasteiger partial charge in [0.25, 0.3) is 5.69 Å². The first-order valence-corrected chi connectivity index (χ1v) is 6.69. The number of carbonyl (C=O) groups is 1. The van der Waals surface area contributed by atoms with Gasteiger partial charge in [-0.1, -0.05) is 12.8 Å². The number of benzene rings is 1. The molecule has 1 aliphatic rings. The van der Waals surface area contributed by atoms with Crippen LogP contribution in [0, 0.1) is 10.1 Å². The first-order chi connectivity index (χ1) is 9.54. The minimum Gasteiger partial charge on any atom is -0.391 e. The van der Waals surface area contributed by atoms with E-state index in [0.717, 1.165) is 25.7 Å². The number of hydrogen-bond acceptors (Lipinski definition) is 5. The average molecular weight is 278 g/mol. The summed E-state index contributed by atoms with van der Waals surface area (Å²) in [4.78, 5) is 23.2. The molecule has 1 aromatic rings. The second kappa shape index (κ2) is 6.00. The van der Waals surface area contributed by atoms with Gasteiger partial charge in [0.15, 0.2) is 6.29 Å². The van der Waals surface area contributed by atoms with Crippen LogP contribution in [0.2, 0.25) is 0 Å². The third-order valence-electron chi connectivity index (χ3n) is 3.92. The Morgan fingerprint density at radius 3 is 2.70 bits per heavy atom. The molecule has 0 saturated heterocycles. The second-order valence-corrected chi connectivity index (χ2v) is 5.15. The number of aliphatic hydroxyl groups is 1. The van der Waals surface area contributed by atoms with E-state index in [1.807, 2.05) is 11.9 Å². The maximum atomic E-state index is 11.2. The van der Waals surface area contributed by atoms with E-state index in [0.29, 0.717) is 12.0 Å². The van der Waals surface area contributed by atoms with E-state index >= 15 is 0 Å². The van der Waals surface area contributed by atoms with Crippen molar-refractivity contribution in [3.8, 4) is 0 Å². The van der Waals surface area contributed by atoms with Crippen molar-refractivity contribution in [1.29, 1.82) is 0 Å². The van der Waals surface area contributed by atoms with Crippen molar-refractivity contribution in [2.24, 2.45) is 0 Å². The molecule has 2 atom stereocenters. The van der Waals surface area contributed by atoms with Gasteiger partial charge in [-0.2, -0.15) is 0 Å². The second-order valence-electron chi connectivity index (χ2n) is 5.15. The summed E-state index contributed by atoms with van der Waals surface area (Å²) in [6.07, 6.45) is 3.84. The molecule has 0 spiro atoms. The van der Waals surface area contributed by atoms with Crippen LogP contribution in [0.15, 0.2) is 18.2 Å². The Labute approximate surface area is 117 Å². The van der Waals surface area contributed by atoms with Crippen LogP contribution in [-0.2, 0) is 0 Å². The standard InChI is InChI=1S/C14H18N2O4/c1-15(13-4-2-3-5-14(13)18)12-7-6-11(16(19)20)8-10(12)9-17/h6-9,13-14,18H,2-5H2,1H3. The number of rotatable bonds is 4. The fourth-order valence-corrected chi connectivity index (χ4v) is 2.79. The van der Waals surface area contributed by atoms with E-state index in [-0.39, 0.29) is 17.3 Å². The molecule has 6 heteroatoms. The molecule has 2 rings (SSSR count). The van der Waals surface area contributed by atoms with Crippen LogP contribution in [0.5, 0.6) is 0 Å². The number of aliphatic hydroxyl groups excluding tert-OH is 1. The molecule has 0 amide bonds. The summed E-state index contributed by atoms with van der Waals surface area (Å²) in [5, 5.41) is 20.8. The third kappa shape index (κ3) is 2.80. The van der Waals surface area contributed by atoms with Gasteiger partial charge in [-0.3, -0.25) is 14.9 Å². The highest BCUT2D eigenvalue weighted by molar-refractivity contribution is 5.86. The first kappa shape index (κ1) is 14.5. The van der Waals surface area contributed by atoms with Crippen molar-refractivity contribution < 1.29 is 14.8 Å². The fourth-order valence-electron chi connectivity index (χ4n) is 2.79. The van der Waals surface area contributed by atoms with Gasteiger partial charge in [0.2, 0.25) is 0 Å². The summed E-state index contributed by atoms with van der Waals surface area (Å²) in [6.45, 7) is 0. The SMILES string of the molecule is CN(c1ccc([N+](=O)[O-])cc1C=O)C1CCCCC1O. The number of nitrogens with zero attached hydrogens (tertiary/aromatic N) is 2. The zero-order valence-electron chi connectivity index (χ0n) is 11.4. The van der Waals surface area contributed by atoms with Crippen molar-refractivity contribution in [3.05, 3.63) is 33.9 Å². The Kier molecular flexibility index (Phi) is 4.34. The van der Waals surface area contributed by atoms with Gasteiger partial charge in [0.05, 0.1) is 17.1 Å². The van der Waals surface area contributed by atoms with E-state index in [1.165, 1.54) is 12.1 Å². The van der Waals surface area contributed by atoms with Crippen molar-refractivity contribution in [3.63, 3.8) is 0 Å². The van der Waals surface area contributed by atoms with Gasteiger partial charge in [-0.05, 0) is 18.9 Å². The third-order valence-corrected chi connectivity index (χ3v) is 3.92. The number of nitro benzene ring substituents is 1. The van der Waals surface area contributed by atoms with E-state index in [4.69, 9.17) is 0 Å². The molecule has 0 aliphatic heterocycles. The van der Waals surface area contributed by atoms with Gasteiger partial charge < -0.3 is 10.0 Å². The molecule has 0 bridgehead atoms. The van der Waals surface area contributed by atoms with E-state index in [1.54, 1.807) is 6.07 Å². The quantitative estimate of drug-likeness (QED) is 0.518. The van der Waals surface area contributed by atoms with E-state index in [2.05, 4.69) is 0 Å². The number of non-ortho nitro benzene ring substituents is 1. The number of anilines is 1. The zero-order valence-corrected chi connectivity index (χ0v) is 11.4. The predicted octanol–water partition coefficient (Wildman–Crippen LogP) is 2.15. The molecular formula is C14H18N2O4. The zero-order chi connectivity index (χ0) is 14.7.